The molecule has 1 aromatic heterocycles. The van der Waals surface area contributed by atoms with E-state index < -0.39 is 0 Å². The van der Waals surface area contributed by atoms with Crippen LogP contribution in [-0.2, 0) is 6.54 Å². The summed E-state index contributed by atoms with van der Waals surface area (Å²) in [7, 11) is 0. The molecule has 0 unspecified atom stereocenters. The Kier molecular flexibility index (Phi) is 2.65. The zero-order valence-corrected chi connectivity index (χ0v) is 7.16. The van der Waals surface area contributed by atoms with E-state index in [0.29, 0.717) is 12.2 Å². The second-order valence-corrected chi connectivity index (χ2v) is 2.38. The predicted octanol–water partition coefficient (Wildman–Crippen LogP) is 1.11. The Labute approximate surface area is 71.4 Å². The Balaban J connectivity index is 2.75. The molecule has 0 radical (unpaired) electrons. The second kappa shape index (κ2) is 3.72. The van der Waals surface area contributed by atoms with Gasteiger partial charge in [-0.3, -0.25) is 9.48 Å². The minimum absolute atomic E-state index is 0.0155. The molecule has 3 heteroatoms. The number of ketones is 1. The maximum Gasteiger partial charge on any atom is 0.179 e. The molecule has 3 nitrogen and oxygen atoms in total. The summed E-state index contributed by atoms with van der Waals surface area (Å²) in [5.74, 6) is 5.60. The van der Waals surface area contributed by atoms with Crippen molar-refractivity contribution in [3.63, 3.8) is 0 Å². The molecule has 1 rings (SSSR count). The molecule has 0 N–H and O–H groups in total. The van der Waals surface area contributed by atoms with Gasteiger partial charge >= 0.3 is 0 Å². The van der Waals surface area contributed by atoms with Gasteiger partial charge in [0.05, 0.1) is 0 Å². The molecular weight excluding hydrogens is 152 g/mol. The minimum atomic E-state index is -0.0155. The van der Waals surface area contributed by atoms with Crippen LogP contribution in [-0.4, -0.2) is 15.6 Å². The van der Waals surface area contributed by atoms with E-state index in [-0.39, 0.29) is 5.78 Å². The maximum absolute atomic E-state index is 10.8. The normalized spacial score (nSPS) is 8.83. The van der Waals surface area contributed by atoms with Gasteiger partial charge in [-0.15, -0.1) is 5.92 Å². The lowest BCUT2D eigenvalue weighted by Gasteiger charge is -1.90. The van der Waals surface area contributed by atoms with Crippen LogP contribution < -0.4 is 0 Å². The van der Waals surface area contributed by atoms with Gasteiger partial charge in [0, 0.05) is 13.1 Å². The lowest BCUT2D eigenvalue weighted by atomic mass is 10.3. The number of rotatable bonds is 2. The van der Waals surface area contributed by atoms with Crippen LogP contribution in [0.2, 0.25) is 0 Å². The van der Waals surface area contributed by atoms with Crippen LogP contribution in [0, 0.1) is 11.8 Å². The summed E-state index contributed by atoms with van der Waals surface area (Å²) in [6, 6.07) is 1.69. The quantitative estimate of drug-likeness (QED) is 0.482. The van der Waals surface area contributed by atoms with Crippen molar-refractivity contribution in [2.24, 2.45) is 0 Å². The number of hydrogen-bond donors (Lipinski definition) is 0. The zero-order valence-electron chi connectivity index (χ0n) is 7.16. The highest BCUT2D eigenvalue weighted by atomic mass is 16.1. The van der Waals surface area contributed by atoms with Gasteiger partial charge in [0.1, 0.15) is 12.2 Å². The van der Waals surface area contributed by atoms with Gasteiger partial charge in [-0.25, -0.2) is 0 Å². The Morgan fingerprint density at radius 2 is 2.50 bits per heavy atom. The zero-order chi connectivity index (χ0) is 8.97. The van der Waals surface area contributed by atoms with Gasteiger partial charge in [-0.2, -0.15) is 5.10 Å². The fourth-order valence-electron chi connectivity index (χ4n) is 0.798. The first-order valence-electron chi connectivity index (χ1n) is 3.68. The molecule has 1 aromatic rings. The van der Waals surface area contributed by atoms with Crippen LogP contribution in [0.3, 0.4) is 0 Å². The van der Waals surface area contributed by atoms with Gasteiger partial charge in [-0.05, 0) is 13.0 Å². The van der Waals surface area contributed by atoms with Crippen LogP contribution in [0.5, 0.6) is 0 Å². The van der Waals surface area contributed by atoms with Gasteiger partial charge in [-0.1, -0.05) is 5.92 Å². The molecule has 0 saturated heterocycles. The number of Topliss-reactive ketones (excluding diaryl/α,β-unsaturated/α-hetero) is 1. The highest BCUT2D eigenvalue weighted by Gasteiger charge is 2.01. The largest absolute Gasteiger partial charge is 0.293 e. The summed E-state index contributed by atoms with van der Waals surface area (Å²) in [5, 5.41) is 4.01. The summed E-state index contributed by atoms with van der Waals surface area (Å²) in [4.78, 5) is 10.8. The molecular formula is C9H10N2O. The topological polar surface area (TPSA) is 34.9 Å². The fraction of sp³-hybridized carbons (Fsp3) is 0.333. The molecule has 0 aliphatic heterocycles. The summed E-state index contributed by atoms with van der Waals surface area (Å²) >= 11 is 0. The van der Waals surface area contributed by atoms with Gasteiger partial charge in [0.15, 0.2) is 5.78 Å². The average Bonchev–Trinajstić information content (AvgIpc) is 2.48. The van der Waals surface area contributed by atoms with Crippen LogP contribution >= 0.6 is 0 Å². The van der Waals surface area contributed by atoms with Crippen molar-refractivity contribution in [3.05, 3.63) is 18.0 Å². The SMILES string of the molecule is CC#CCn1ccc(C(C)=O)n1. The van der Waals surface area contributed by atoms with Crippen molar-refractivity contribution in [1.29, 1.82) is 0 Å². The van der Waals surface area contributed by atoms with Gasteiger partial charge in [0.2, 0.25) is 0 Å². The molecule has 0 aliphatic rings. The van der Waals surface area contributed by atoms with E-state index in [1.165, 1.54) is 6.92 Å². The third kappa shape index (κ3) is 1.96. The highest BCUT2D eigenvalue weighted by Crippen LogP contribution is 1.95. The smallest absolute Gasteiger partial charge is 0.179 e. The Morgan fingerprint density at radius 3 is 3.00 bits per heavy atom. The molecule has 12 heavy (non-hydrogen) atoms. The molecule has 62 valence electrons. The molecule has 0 aliphatic carbocycles. The number of hydrogen-bond acceptors (Lipinski definition) is 2. The van der Waals surface area contributed by atoms with Crippen molar-refractivity contribution < 1.29 is 4.79 Å². The molecule has 0 fully saturated rings. The lowest BCUT2D eigenvalue weighted by Crippen LogP contribution is -1.99. The van der Waals surface area contributed by atoms with Crippen molar-refractivity contribution in [1.82, 2.24) is 9.78 Å². The van der Waals surface area contributed by atoms with E-state index in [1.807, 2.05) is 0 Å². The van der Waals surface area contributed by atoms with Crippen molar-refractivity contribution in [2.45, 2.75) is 20.4 Å². The summed E-state index contributed by atoms with van der Waals surface area (Å²) in [5.41, 5.74) is 0.493. The van der Waals surface area contributed by atoms with Crippen molar-refractivity contribution in [2.75, 3.05) is 0 Å². The summed E-state index contributed by atoms with van der Waals surface area (Å²) in [6.07, 6.45) is 1.75. The first-order valence-corrected chi connectivity index (χ1v) is 3.68. The van der Waals surface area contributed by atoms with Gasteiger partial charge < -0.3 is 0 Å². The van der Waals surface area contributed by atoms with E-state index in [0.717, 1.165) is 0 Å². The molecule has 0 bridgehead atoms. The van der Waals surface area contributed by atoms with E-state index in [9.17, 15) is 4.79 Å². The molecule has 0 atom stereocenters. The van der Waals surface area contributed by atoms with Crippen LogP contribution in [0.1, 0.15) is 24.3 Å². The van der Waals surface area contributed by atoms with E-state index in [2.05, 4.69) is 16.9 Å². The van der Waals surface area contributed by atoms with Crippen LogP contribution in [0.25, 0.3) is 0 Å². The van der Waals surface area contributed by atoms with E-state index in [1.54, 1.807) is 23.9 Å². The molecule has 0 spiro atoms. The third-order valence-electron chi connectivity index (χ3n) is 1.42. The molecule has 0 amide bonds. The Morgan fingerprint density at radius 1 is 1.75 bits per heavy atom. The molecule has 0 saturated carbocycles. The molecule has 0 aromatic carbocycles. The number of nitrogens with zero attached hydrogens (tertiary/aromatic N) is 2. The summed E-state index contributed by atoms with van der Waals surface area (Å²) in [6.45, 7) is 3.82. The predicted molar refractivity (Wildman–Crippen MR) is 45.7 cm³/mol. The van der Waals surface area contributed by atoms with Gasteiger partial charge in [0.25, 0.3) is 0 Å². The fourth-order valence-corrected chi connectivity index (χ4v) is 0.798. The van der Waals surface area contributed by atoms with Crippen molar-refractivity contribution in [3.8, 4) is 11.8 Å². The minimum Gasteiger partial charge on any atom is -0.293 e. The standard InChI is InChI=1S/C9H10N2O/c1-3-4-6-11-7-5-9(10-11)8(2)12/h5,7H,6H2,1-2H3. The Bertz CT molecular complexity index is 341. The highest BCUT2D eigenvalue weighted by molar-refractivity contribution is 5.91. The average molecular weight is 162 g/mol. The van der Waals surface area contributed by atoms with E-state index >= 15 is 0 Å². The summed E-state index contributed by atoms with van der Waals surface area (Å²) < 4.78 is 1.65. The first kappa shape index (κ1) is 8.54. The molecule has 1 heterocycles. The number of carbonyl (C=O) groups excluding carboxylic acids is 1. The Hall–Kier alpha value is -1.56. The monoisotopic (exact) mass is 162 g/mol. The maximum atomic E-state index is 10.8. The lowest BCUT2D eigenvalue weighted by molar-refractivity contribution is 0.101. The third-order valence-corrected chi connectivity index (χ3v) is 1.42. The van der Waals surface area contributed by atoms with E-state index in [4.69, 9.17) is 0 Å². The second-order valence-electron chi connectivity index (χ2n) is 2.38. The van der Waals surface area contributed by atoms with Crippen LogP contribution in [0.4, 0.5) is 0 Å². The number of carbonyl (C=O) groups is 1. The number of aromatic nitrogens is 2. The van der Waals surface area contributed by atoms with Crippen LogP contribution in [0.15, 0.2) is 12.3 Å². The van der Waals surface area contributed by atoms with Crippen molar-refractivity contribution >= 4 is 5.78 Å². The first-order chi connectivity index (χ1) is 5.74.